The fourth-order valence-electron chi connectivity index (χ4n) is 2.87. The number of rotatable bonds is 4. The van der Waals surface area contributed by atoms with E-state index in [1.165, 1.54) is 0 Å². The highest BCUT2D eigenvalue weighted by atomic mass is 16.5. The number of Topliss-reactive ketones (excluding diaryl/α,β-unsaturated/α-hetero) is 1. The third-order valence-corrected chi connectivity index (χ3v) is 3.91. The maximum Gasteiger partial charge on any atom is 0.299 e. The summed E-state index contributed by atoms with van der Waals surface area (Å²) in [4.78, 5) is 25.8. The fraction of sp³-hybridized carbons (Fsp3) is 0.500. The van der Waals surface area contributed by atoms with Crippen molar-refractivity contribution >= 4 is 17.4 Å². The molecule has 5 heteroatoms. The molecule has 1 atom stereocenters. The number of benzene rings is 1. The molecule has 21 heavy (non-hydrogen) atoms. The normalized spacial score (nSPS) is 21.6. The highest BCUT2D eigenvalue weighted by Crippen LogP contribution is 2.33. The zero-order valence-electron chi connectivity index (χ0n) is 12.1. The number of carbonyl (C=O) groups excluding carboxylic acids is 2. The summed E-state index contributed by atoms with van der Waals surface area (Å²) in [6.07, 6.45) is 3.13. The second-order valence-corrected chi connectivity index (χ2v) is 5.35. The van der Waals surface area contributed by atoms with E-state index < -0.39 is 11.7 Å². The maximum absolute atomic E-state index is 12.2. The zero-order valence-corrected chi connectivity index (χ0v) is 12.1. The maximum atomic E-state index is 12.2. The van der Waals surface area contributed by atoms with Crippen LogP contribution in [-0.2, 0) is 9.53 Å². The molecule has 1 aromatic carbocycles. The Morgan fingerprint density at radius 1 is 1.33 bits per heavy atom. The predicted molar refractivity (Wildman–Crippen MR) is 77.9 cm³/mol. The summed E-state index contributed by atoms with van der Waals surface area (Å²) in [6.45, 7) is 3.59. The van der Waals surface area contributed by atoms with Gasteiger partial charge in [0.25, 0.3) is 11.7 Å². The topological polar surface area (TPSA) is 55.8 Å². The summed E-state index contributed by atoms with van der Waals surface area (Å²) in [5.41, 5.74) is 1.10. The molecule has 0 radical (unpaired) electrons. The van der Waals surface area contributed by atoms with E-state index in [4.69, 9.17) is 9.47 Å². The number of nitrogens with zero attached hydrogens (tertiary/aromatic N) is 1. The van der Waals surface area contributed by atoms with Crippen LogP contribution in [-0.4, -0.2) is 37.6 Å². The molecule has 0 spiro atoms. The van der Waals surface area contributed by atoms with Gasteiger partial charge in [-0.3, -0.25) is 9.59 Å². The molecule has 1 aromatic rings. The minimum Gasteiger partial charge on any atom is -0.494 e. The van der Waals surface area contributed by atoms with E-state index in [0.717, 1.165) is 25.9 Å². The van der Waals surface area contributed by atoms with Crippen molar-refractivity contribution in [1.82, 2.24) is 0 Å². The monoisotopic (exact) mass is 289 g/mol. The van der Waals surface area contributed by atoms with Crippen molar-refractivity contribution in [3.05, 3.63) is 23.8 Å². The second-order valence-electron chi connectivity index (χ2n) is 5.35. The number of amides is 1. The molecular formula is C16H19NO4. The zero-order chi connectivity index (χ0) is 14.8. The highest BCUT2D eigenvalue weighted by molar-refractivity contribution is 6.52. The Hall–Kier alpha value is -1.88. The first kappa shape index (κ1) is 14.1. The standard InChI is InChI=1S/C16H19NO4/c1-2-20-11-6-7-14-13(9-11)15(18)16(19)17(14)10-12-5-3-4-8-21-12/h6-7,9,12H,2-5,8,10H2,1H3. The van der Waals surface area contributed by atoms with Gasteiger partial charge in [-0.1, -0.05) is 0 Å². The third-order valence-electron chi connectivity index (χ3n) is 3.91. The number of carbonyl (C=O) groups is 2. The van der Waals surface area contributed by atoms with Gasteiger partial charge in [-0.05, 0) is 44.4 Å². The first-order valence-corrected chi connectivity index (χ1v) is 7.45. The van der Waals surface area contributed by atoms with Crippen LogP contribution in [0.4, 0.5) is 5.69 Å². The van der Waals surface area contributed by atoms with E-state index in [9.17, 15) is 9.59 Å². The molecule has 1 fully saturated rings. The van der Waals surface area contributed by atoms with Gasteiger partial charge in [0.2, 0.25) is 0 Å². The van der Waals surface area contributed by atoms with Crippen LogP contribution < -0.4 is 9.64 Å². The van der Waals surface area contributed by atoms with E-state index in [2.05, 4.69) is 0 Å². The van der Waals surface area contributed by atoms with Gasteiger partial charge in [0.15, 0.2) is 0 Å². The van der Waals surface area contributed by atoms with Gasteiger partial charge >= 0.3 is 0 Å². The van der Waals surface area contributed by atoms with Crippen molar-refractivity contribution in [1.29, 1.82) is 0 Å². The van der Waals surface area contributed by atoms with Crippen LogP contribution >= 0.6 is 0 Å². The summed E-state index contributed by atoms with van der Waals surface area (Å²) in [6, 6.07) is 5.23. The predicted octanol–water partition coefficient (Wildman–Crippen LogP) is 2.18. The van der Waals surface area contributed by atoms with Crippen LogP contribution in [0.2, 0.25) is 0 Å². The summed E-state index contributed by atoms with van der Waals surface area (Å²) >= 11 is 0. The van der Waals surface area contributed by atoms with Gasteiger partial charge in [0.1, 0.15) is 5.75 Å². The van der Waals surface area contributed by atoms with Gasteiger partial charge < -0.3 is 14.4 Å². The minimum atomic E-state index is -0.465. The average Bonchev–Trinajstić information content (AvgIpc) is 2.74. The molecule has 1 unspecified atom stereocenters. The lowest BCUT2D eigenvalue weighted by Gasteiger charge is -2.27. The Labute approximate surface area is 123 Å². The van der Waals surface area contributed by atoms with E-state index in [0.29, 0.717) is 30.2 Å². The molecule has 3 rings (SSSR count). The highest BCUT2D eigenvalue weighted by Gasteiger charge is 2.37. The molecule has 0 aliphatic carbocycles. The summed E-state index contributed by atoms with van der Waals surface area (Å²) < 4.78 is 11.1. The van der Waals surface area contributed by atoms with Gasteiger partial charge in [0.05, 0.1) is 30.5 Å². The number of hydrogen-bond acceptors (Lipinski definition) is 4. The molecule has 0 N–H and O–H groups in total. The van der Waals surface area contributed by atoms with Crippen molar-refractivity contribution in [3.8, 4) is 5.75 Å². The van der Waals surface area contributed by atoms with Crippen LogP contribution in [0.25, 0.3) is 0 Å². The van der Waals surface area contributed by atoms with Gasteiger partial charge in [-0.15, -0.1) is 0 Å². The van der Waals surface area contributed by atoms with Gasteiger partial charge in [0, 0.05) is 6.61 Å². The molecular weight excluding hydrogens is 270 g/mol. The SMILES string of the molecule is CCOc1ccc2c(c1)C(=O)C(=O)N2CC1CCCCO1. The lowest BCUT2D eigenvalue weighted by Crippen LogP contribution is -2.39. The summed E-state index contributed by atoms with van der Waals surface area (Å²) in [5, 5.41) is 0. The number of anilines is 1. The first-order chi connectivity index (χ1) is 10.2. The van der Waals surface area contributed by atoms with E-state index in [-0.39, 0.29) is 6.10 Å². The number of fused-ring (bicyclic) bond motifs is 1. The molecule has 0 bridgehead atoms. The van der Waals surface area contributed by atoms with Gasteiger partial charge in [-0.25, -0.2) is 0 Å². The van der Waals surface area contributed by atoms with Crippen molar-refractivity contribution in [2.45, 2.75) is 32.3 Å². The molecule has 2 aliphatic heterocycles. The van der Waals surface area contributed by atoms with Crippen molar-refractivity contribution in [2.75, 3.05) is 24.7 Å². The number of ether oxygens (including phenoxy) is 2. The lowest BCUT2D eigenvalue weighted by molar-refractivity contribution is -0.114. The Balaban J connectivity index is 1.83. The number of hydrogen-bond donors (Lipinski definition) is 0. The quantitative estimate of drug-likeness (QED) is 0.797. The molecule has 2 aliphatic rings. The summed E-state index contributed by atoms with van der Waals surface area (Å²) in [5.74, 6) is -0.302. The molecule has 0 saturated carbocycles. The van der Waals surface area contributed by atoms with E-state index in [1.807, 2.05) is 6.92 Å². The third kappa shape index (κ3) is 2.65. The van der Waals surface area contributed by atoms with Gasteiger partial charge in [-0.2, -0.15) is 0 Å². The summed E-state index contributed by atoms with van der Waals surface area (Å²) in [7, 11) is 0. The number of ketones is 1. The Kier molecular flexibility index (Phi) is 3.92. The molecule has 1 saturated heterocycles. The van der Waals surface area contributed by atoms with Crippen LogP contribution in [0.3, 0.4) is 0 Å². The van der Waals surface area contributed by atoms with Crippen LogP contribution in [0.15, 0.2) is 18.2 Å². The van der Waals surface area contributed by atoms with Crippen LogP contribution in [0.5, 0.6) is 5.75 Å². The van der Waals surface area contributed by atoms with Crippen molar-refractivity contribution in [3.63, 3.8) is 0 Å². The molecule has 0 aromatic heterocycles. The Bertz CT molecular complexity index is 563. The van der Waals surface area contributed by atoms with Crippen LogP contribution in [0.1, 0.15) is 36.5 Å². The largest absolute Gasteiger partial charge is 0.494 e. The smallest absolute Gasteiger partial charge is 0.299 e. The second kappa shape index (κ2) is 5.85. The molecule has 5 nitrogen and oxygen atoms in total. The lowest BCUT2D eigenvalue weighted by atomic mass is 10.1. The van der Waals surface area contributed by atoms with Crippen molar-refractivity contribution < 1.29 is 19.1 Å². The van der Waals surface area contributed by atoms with E-state index >= 15 is 0 Å². The van der Waals surface area contributed by atoms with Crippen LogP contribution in [0, 0.1) is 0 Å². The minimum absolute atomic E-state index is 0.0213. The van der Waals surface area contributed by atoms with Crippen molar-refractivity contribution in [2.24, 2.45) is 0 Å². The molecule has 112 valence electrons. The Morgan fingerprint density at radius 3 is 2.90 bits per heavy atom. The fourth-order valence-corrected chi connectivity index (χ4v) is 2.87. The average molecular weight is 289 g/mol. The molecule has 1 amide bonds. The Morgan fingerprint density at radius 2 is 2.19 bits per heavy atom. The van der Waals surface area contributed by atoms with E-state index in [1.54, 1.807) is 23.1 Å². The first-order valence-electron chi connectivity index (χ1n) is 7.45. The molecule has 2 heterocycles.